The monoisotopic (exact) mass is 362 g/mol. The second-order valence-electron chi connectivity index (χ2n) is 6.30. The third kappa shape index (κ3) is 5.54. The minimum Gasteiger partial charge on any atom is -0.489 e. The second kappa shape index (κ2) is 8.80. The molecule has 0 saturated carbocycles. The number of nitrogens with one attached hydrogen (secondary N) is 2. The normalized spacial score (nSPS) is 10.5. The summed E-state index contributed by atoms with van der Waals surface area (Å²) in [6.07, 6.45) is 0.365. The first-order chi connectivity index (χ1) is 13.1. The van der Waals surface area contributed by atoms with E-state index in [2.05, 4.69) is 20.8 Å². The lowest BCUT2D eigenvalue weighted by atomic mass is 10.1. The number of aromatic nitrogens is 2. The highest BCUT2D eigenvalue weighted by molar-refractivity contribution is 5.91. The van der Waals surface area contributed by atoms with Crippen molar-refractivity contribution in [1.82, 2.24) is 10.2 Å². The number of hydrogen-bond acceptors (Lipinski definition) is 5. The zero-order valence-corrected chi connectivity index (χ0v) is 15.3. The number of amides is 1. The van der Waals surface area contributed by atoms with E-state index in [1.807, 2.05) is 68.4 Å². The number of carbonyl (C=O) groups excluding carboxylic acids is 1. The van der Waals surface area contributed by atoms with Crippen molar-refractivity contribution < 1.29 is 9.53 Å². The molecule has 2 aromatic carbocycles. The summed E-state index contributed by atoms with van der Waals surface area (Å²) in [4.78, 5) is 12.1. The number of carbonyl (C=O) groups is 1. The molecule has 27 heavy (non-hydrogen) atoms. The SMILES string of the molecule is CC(C)Oc1ccccc1Nc1ccc(NC(=O)Cc2ccccc2)nn1. The Balaban J connectivity index is 1.61. The third-order valence-electron chi connectivity index (χ3n) is 3.65. The molecule has 3 aromatic rings. The lowest BCUT2D eigenvalue weighted by Gasteiger charge is -2.15. The Kier molecular flexibility index (Phi) is 5.99. The molecule has 0 unspecified atom stereocenters. The molecule has 1 heterocycles. The Bertz CT molecular complexity index is 880. The van der Waals surface area contributed by atoms with E-state index >= 15 is 0 Å². The van der Waals surface area contributed by atoms with Crippen LogP contribution in [0.15, 0.2) is 66.7 Å². The van der Waals surface area contributed by atoms with Crippen LogP contribution in [0.5, 0.6) is 5.75 Å². The van der Waals surface area contributed by atoms with Gasteiger partial charge >= 0.3 is 0 Å². The van der Waals surface area contributed by atoms with Gasteiger partial charge in [-0.25, -0.2) is 0 Å². The highest BCUT2D eigenvalue weighted by Crippen LogP contribution is 2.27. The molecular formula is C21H22N4O2. The van der Waals surface area contributed by atoms with E-state index in [-0.39, 0.29) is 12.0 Å². The highest BCUT2D eigenvalue weighted by Gasteiger charge is 2.08. The van der Waals surface area contributed by atoms with E-state index in [9.17, 15) is 4.79 Å². The lowest BCUT2D eigenvalue weighted by molar-refractivity contribution is -0.115. The topological polar surface area (TPSA) is 76.1 Å². The number of nitrogens with zero attached hydrogens (tertiary/aromatic N) is 2. The van der Waals surface area contributed by atoms with Gasteiger partial charge in [-0.1, -0.05) is 42.5 Å². The molecule has 0 radical (unpaired) electrons. The van der Waals surface area contributed by atoms with Crippen LogP contribution in [0.1, 0.15) is 19.4 Å². The van der Waals surface area contributed by atoms with E-state index < -0.39 is 0 Å². The summed E-state index contributed by atoms with van der Waals surface area (Å²) in [5.41, 5.74) is 1.75. The maximum absolute atomic E-state index is 12.1. The molecule has 0 bridgehead atoms. The Morgan fingerprint density at radius 3 is 2.30 bits per heavy atom. The number of rotatable bonds is 7. The molecule has 0 aliphatic carbocycles. The molecule has 6 nitrogen and oxygen atoms in total. The fourth-order valence-corrected chi connectivity index (χ4v) is 2.50. The van der Waals surface area contributed by atoms with Crippen molar-refractivity contribution in [1.29, 1.82) is 0 Å². The quantitative estimate of drug-likeness (QED) is 0.659. The fraction of sp³-hybridized carbons (Fsp3) is 0.190. The molecule has 3 rings (SSSR count). The minimum absolute atomic E-state index is 0.0706. The van der Waals surface area contributed by atoms with Gasteiger partial charge in [0.2, 0.25) is 5.91 Å². The molecule has 6 heteroatoms. The van der Waals surface area contributed by atoms with E-state index in [1.165, 1.54) is 0 Å². The van der Waals surface area contributed by atoms with Crippen LogP contribution in [0, 0.1) is 0 Å². The summed E-state index contributed by atoms with van der Waals surface area (Å²) in [5.74, 6) is 1.59. The van der Waals surface area contributed by atoms with Gasteiger partial charge in [0, 0.05) is 0 Å². The molecule has 1 aromatic heterocycles. The summed E-state index contributed by atoms with van der Waals surface area (Å²) in [5, 5.41) is 14.1. The summed E-state index contributed by atoms with van der Waals surface area (Å²) in [6.45, 7) is 3.95. The van der Waals surface area contributed by atoms with Crippen molar-refractivity contribution in [3.05, 3.63) is 72.3 Å². The van der Waals surface area contributed by atoms with Crippen LogP contribution in [-0.2, 0) is 11.2 Å². The van der Waals surface area contributed by atoms with Crippen molar-refractivity contribution in [3.63, 3.8) is 0 Å². The van der Waals surface area contributed by atoms with Gasteiger partial charge in [-0.3, -0.25) is 4.79 Å². The number of hydrogen-bond donors (Lipinski definition) is 2. The smallest absolute Gasteiger partial charge is 0.229 e. The van der Waals surface area contributed by atoms with Crippen LogP contribution in [-0.4, -0.2) is 22.2 Å². The van der Waals surface area contributed by atoms with Crippen molar-refractivity contribution in [2.75, 3.05) is 10.6 Å². The van der Waals surface area contributed by atoms with Crippen LogP contribution in [0.4, 0.5) is 17.3 Å². The lowest BCUT2D eigenvalue weighted by Crippen LogP contribution is -2.15. The molecule has 0 atom stereocenters. The molecule has 0 spiro atoms. The Morgan fingerprint density at radius 2 is 1.59 bits per heavy atom. The summed E-state index contributed by atoms with van der Waals surface area (Å²) in [6, 6.07) is 20.7. The Hall–Kier alpha value is -3.41. The molecule has 0 saturated heterocycles. The van der Waals surface area contributed by atoms with Crippen LogP contribution in [0.2, 0.25) is 0 Å². The van der Waals surface area contributed by atoms with Crippen LogP contribution < -0.4 is 15.4 Å². The van der Waals surface area contributed by atoms with Crippen molar-refractivity contribution in [3.8, 4) is 5.75 Å². The average Bonchev–Trinajstić information content (AvgIpc) is 2.65. The summed E-state index contributed by atoms with van der Waals surface area (Å²) < 4.78 is 5.78. The number of benzene rings is 2. The molecule has 0 aliphatic rings. The largest absolute Gasteiger partial charge is 0.489 e. The first kappa shape index (κ1) is 18.4. The van der Waals surface area contributed by atoms with Crippen molar-refractivity contribution in [2.24, 2.45) is 0 Å². The fourth-order valence-electron chi connectivity index (χ4n) is 2.50. The zero-order valence-electron chi connectivity index (χ0n) is 15.3. The van der Waals surface area contributed by atoms with E-state index in [0.29, 0.717) is 18.1 Å². The number of ether oxygens (including phenoxy) is 1. The minimum atomic E-state index is -0.133. The van der Waals surface area contributed by atoms with E-state index in [4.69, 9.17) is 4.74 Å². The van der Waals surface area contributed by atoms with Gasteiger partial charge in [-0.2, -0.15) is 0 Å². The van der Waals surface area contributed by atoms with Gasteiger partial charge in [0.05, 0.1) is 18.2 Å². The van der Waals surface area contributed by atoms with Gasteiger partial charge in [0.15, 0.2) is 11.6 Å². The van der Waals surface area contributed by atoms with Gasteiger partial charge in [-0.05, 0) is 43.7 Å². The van der Waals surface area contributed by atoms with Gasteiger partial charge in [0.25, 0.3) is 0 Å². The maximum Gasteiger partial charge on any atom is 0.229 e. The van der Waals surface area contributed by atoms with Crippen molar-refractivity contribution in [2.45, 2.75) is 26.4 Å². The Labute approximate surface area is 158 Å². The average molecular weight is 362 g/mol. The van der Waals surface area contributed by atoms with Gasteiger partial charge in [-0.15, -0.1) is 10.2 Å². The standard InChI is InChI=1S/C21H22N4O2/c1-15(2)27-18-11-7-6-10-17(18)22-19-12-13-20(25-24-19)23-21(26)14-16-8-4-3-5-9-16/h3-13,15H,14H2,1-2H3,(H,22,24)(H,23,25,26). The van der Waals surface area contributed by atoms with E-state index in [0.717, 1.165) is 17.0 Å². The predicted octanol–water partition coefficient (Wildman–Crippen LogP) is 4.19. The zero-order chi connectivity index (χ0) is 19.1. The molecule has 1 amide bonds. The summed E-state index contributed by atoms with van der Waals surface area (Å²) >= 11 is 0. The van der Waals surface area contributed by atoms with Crippen molar-refractivity contribution >= 4 is 23.2 Å². The van der Waals surface area contributed by atoms with Gasteiger partial charge in [0.1, 0.15) is 5.75 Å². The summed E-state index contributed by atoms with van der Waals surface area (Å²) in [7, 11) is 0. The highest BCUT2D eigenvalue weighted by atomic mass is 16.5. The van der Waals surface area contributed by atoms with Gasteiger partial charge < -0.3 is 15.4 Å². The van der Waals surface area contributed by atoms with Crippen LogP contribution in [0.25, 0.3) is 0 Å². The molecule has 0 aliphatic heterocycles. The number of para-hydroxylation sites is 2. The predicted molar refractivity (Wildman–Crippen MR) is 106 cm³/mol. The molecule has 138 valence electrons. The van der Waals surface area contributed by atoms with E-state index in [1.54, 1.807) is 12.1 Å². The third-order valence-corrected chi connectivity index (χ3v) is 3.65. The van der Waals surface area contributed by atoms with Crippen LogP contribution in [0.3, 0.4) is 0 Å². The molecule has 0 fully saturated rings. The molecule has 2 N–H and O–H groups in total. The van der Waals surface area contributed by atoms with Crippen LogP contribution >= 0.6 is 0 Å². The maximum atomic E-state index is 12.1. The number of anilines is 3. The second-order valence-corrected chi connectivity index (χ2v) is 6.30. The first-order valence-electron chi connectivity index (χ1n) is 8.80. The molecular weight excluding hydrogens is 340 g/mol. The Morgan fingerprint density at radius 1 is 0.926 bits per heavy atom. The first-order valence-corrected chi connectivity index (χ1v) is 8.80.